The number of hydrogen-bond acceptors (Lipinski definition) is 4. The van der Waals surface area contributed by atoms with Crippen molar-refractivity contribution in [1.82, 2.24) is 14.8 Å². The predicted molar refractivity (Wildman–Crippen MR) is 76.9 cm³/mol. The average Bonchev–Trinajstić information content (AvgIpc) is 2.77. The smallest absolute Gasteiger partial charge is 0.273 e. The third kappa shape index (κ3) is 2.70. The third-order valence-electron chi connectivity index (χ3n) is 2.85. The number of rotatable bonds is 4. The van der Waals surface area contributed by atoms with Crippen molar-refractivity contribution in [2.45, 2.75) is 32.0 Å². The van der Waals surface area contributed by atoms with Crippen LogP contribution in [0.15, 0.2) is 23.4 Å². The molecule has 20 heavy (non-hydrogen) atoms. The van der Waals surface area contributed by atoms with E-state index in [4.69, 9.17) is 16.7 Å². The number of benzene rings is 1. The molecule has 0 aliphatic carbocycles. The van der Waals surface area contributed by atoms with Crippen LogP contribution >= 0.6 is 11.6 Å². The summed E-state index contributed by atoms with van der Waals surface area (Å²) in [6.07, 6.45) is 0.719. The van der Waals surface area contributed by atoms with E-state index in [9.17, 15) is 8.42 Å². The van der Waals surface area contributed by atoms with E-state index in [0.29, 0.717) is 23.0 Å². The van der Waals surface area contributed by atoms with E-state index in [1.807, 2.05) is 26.0 Å². The number of primary sulfonamides is 1. The monoisotopic (exact) mass is 314 g/mol. The number of aryl methyl sites for hydroxylation is 1. The van der Waals surface area contributed by atoms with E-state index in [1.165, 1.54) is 4.57 Å². The number of aromatic nitrogens is 3. The zero-order valence-corrected chi connectivity index (χ0v) is 12.7. The first-order valence-electron chi connectivity index (χ1n) is 6.07. The number of nitrogens with two attached hydrogens (primary N) is 1. The third-order valence-corrected chi connectivity index (χ3v) is 4.16. The summed E-state index contributed by atoms with van der Waals surface area (Å²) in [4.78, 5) is 0. The summed E-state index contributed by atoms with van der Waals surface area (Å²) in [5.41, 5.74) is 1.52. The first kappa shape index (κ1) is 15.0. The first-order valence-corrected chi connectivity index (χ1v) is 8.00. The van der Waals surface area contributed by atoms with Gasteiger partial charge in [0.25, 0.3) is 15.2 Å². The van der Waals surface area contributed by atoms with Gasteiger partial charge in [0.2, 0.25) is 0 Å². The van der Waals surface area contributed by atoms with Crippen LogP contribution in [0.5, 0.6) is 0 Å². The van der Waals surface area contributed by atoms with Crippen molar-refractivity contribution in [3.8, 4) is 11.4 Å². The van der Waals surface area contributed by atoms with Crippen molar-refractivity contribution in [3.63, 3.8) is 0 Å². The number of halogens is 1. The Hall–Kier alpha value is -1.44. The number of sulfonamides is 1. The summed E-state index contributed by atoms with van der Waals surface area (Å²) in [7, 11) is -3.92. The minimum absolute atomic E-state index is 0.244. The zero-order valence-electron chi connectivity index (χ0n) is 11.2. The van der Waals surface area contributed by atoms with Crippen LogP contribution in [0.25, 0.3) is 11.4 Å². The SMILES string of the molecule is CCCn1c(-c2cccc(C)c2Cl)nnc1S(N)(=O)=O. The van der Waals surface area contributed by atoms with Gasteiger partial charge in [0.05, 0.1) is 5.02 Å². The quantitative estimate of drug-likeness (QED) is 0.934. The second-order valence-corrected chi connectivity index (χ2v) is 6.27. The summed E-state index contributed by atoms with van der Waals surface area (Å²) in [5.74, 6) is 0.407. The van der Waals surface area contributed by atoms with Gasteiger partial charge in [-0.3, -0.25) is 4.57 Å². The summed E-state index contributed by atoms with van der Waals surface area (Å²) < 4.78 is 24.6. The molecule has 0 saturated carbocycles. The molecule has 108 valence electrons. The summed E-state index contributed by atoms with van der Waals surface area (Å²) in [6, 6.07) is 5.48. The minimum Gasteiger partial charge on any atom is -0.297 e. The van der Waals surface area contributed by atoms with Crippen molar-refractivity contribution >= 4 is 21.6 Å². The van der Waals surface area contributed by atoms with Crippen LogP contribution in [0.1, 0.15) is 18.9 Å². The number of hydrogen-bond donors (Lipinski definition) is 1. The zero-order chi connectivity index (χ0) is 14.9. The van der Waals surface area contributed by atoms with Crippen LogP contribution in [0.4, 0.5) is 0 Å². The molecule has 0 radical (unpaired) electrons. The normalized spacial score (nSPS) is 11.8. The van der Waals surface area contributed by atoms with Crippen LogP contribution < -0.4 is 5.14 Å². The molecule has 2 rings (SSSR count). The lowest BCUT2D eigenvalue weighted by Crippen LogP contribution is -2.19. The van der Waals surface area contributed by atoms with Gasteiger partial charge >= 0.3 is 0 Å². The Bertz CT molecular complexity index is 740. The molecule has 8 heteroatoms. The van der Waals surface area contributed by atoms with Crippen molar-refractivity contribution < 1.29 is 8.42 Å². The second kappa shape index (κ2) is 5.51. The fourth-order valence-corrected chi connectivity index (χ4v) is 2.79. The Kier molecular flexibility index (Phi) is 4.12. The van der Waals surface area contributed by atoms with Gasteiger partial charge in [0, 0.05) is 12.1 Å². The van der Waals surface area contributed by atoms with Crippen LogP contribution in [-0.4, -0.2) is 23.2 Å². The topological polar surface area (TPSA) is 90.9 Å². The van der Waals surface area contributed by atoms with Gasteiger partial charge in [-0.25, -0.2) is 13.6 Å². The second-order valence-electron chi connectivity index (χ2n) is 4.44. The van der Waals surface area contributed by atoms with Crippen molar-refractivity contribution in [1.29, 1.82) is 0 Å². The highest BCUT2D eigenvalue weighted by molar-refractivity contribution is 7.89. The van der Waals surface area contributed by atoms with Crippen LogP contribution in [0, 0.1) is 6.92 Å². The summed E-state index contributed by atoms with van der Waals surface area (Å²) in [6.45, 7) is 4.24. The molecule has 0 spiro atoms. The van der Waals surface area contributed by atoms with E-state index in [1.54, 1.807) is 6.07 Å². The average molecular weight is 315 g/mol. The highest BCUT2D eigenvalue weighted by Crippen LogP contribution is 2.30. The molecule has 2 N–H and O–H groups in total. The molecule has 0 fully saturated rings. The van der Waals surface area contributed by atoms with Crippen molar-refractivity contribution in [2.24, 2.45) is 5.14 Å². The maximum atomic E-state index is 11.5. The predicted octanol–water partition coefficient (Wildman–Crippen LogP) is 1.96. The molecule has 0 bridgehead atoms. The minimum atomic E-state index is -3.92. The largest absolute Gasteiger partial charge is 0.297 e. The van der Waals surface area contributed by atoms with Gasteiger partial charge in [0.15, 0.2) is 5.82 Å². The van der Waals surface area contributed by atoms with Gasteiger partial charge < -0.3 is 0 Å². The fraction of sp³-hybridized carbons (Fsp3) is 0.333. The van der Waals surface area contributed by atoms with E-state index < -0.39 is 10.0 Å². The Morgan fingerprint density at radius 3 is 2.65 bits per heavy atom. The molecular formula is C12H15ClN4O2S. The molecule has 0 aliphatic heterocycles. The maximum absolute atomic E-state index is 11.5. The molecule has 6 nitrogen and oxygen atoms in total. The Morgan fingerprint density at radius 2 is 2.05 bits per heavy atom. The molecule has 0 aliphatic rings. The standard InChI is InChI=1S/C12H15ClN4O2S/c1-3-7-17-11(15-16-12(17)20(14,18)19)9-6-4-5-8(2)10(9)13/h4-6H,3,7H2,1-2H3,(H2,14,18,19). The molecule has 0 saturated heterocycles. The van der Waals surface area contributed by atoms with Gasteiger partial charge in [-0.05, 0) is 25.0 Å². The van der Waals surface area contributed by atoms with E-state index in [2.05, 4.69) is 10.2 Å². The summed E-state index contributed by atoms with van der Waals surface area (Å²) in [5, 5.41) is 13.1. The molecule has 1 heterocycles. The lowest BCUT2D eigenvalue weighted by Gasteiger charge is -2.10. The molecule has 0 amide bonds. The summed E-state index contributed by atoms with van der Waals surface area (Å²) >= 11 is 6.26. The van der Waals surface area contributed by atoms with Crippen molar-refractivity contribution in [2.75, 3.05) is 0 Å². The van der Waals surface area contributed by atoms with E-state index in [-0.39, 0.29) is 5.16 Å². The Balaban J connectivity index is 2.69. The van der Waals surface area contributed by atoms with Crippen LogP contribution in [-0.2, 0) is 16.6 Å². The molecule has 0 atom stereocenters. The van der Waals surface area contributed by atoms with Crippen LogP contribution in [0.3, 0.4) is 0 Å². The van der Waals surface area contributed by atoms with Crippen molar-refractivity contribution in [3.05, 3.63) is 28.8 Å². The van der Waals surface area contributed by atoms with Gasteiger partial charge in [-0.2, -0.15) is 0 Å². The van der Waals surface area contributed by atoms with Gasteiger partial charge in [0.1, 0.15) is 0 Å². The maximum Gasteiger partial charge on any atom is 0.273 e. The van der Waals surface area contributed by atoms with Gasteiger partial charge in [-0.1, -0.05) is 30.7 Å². The van der Waals surface area contributed by atoms with E-state index >= 15 is 0 Å². The Morgan fingerprint density at radius 1 is 1.35 bits per heavy atom. The van der Waals surface area contributed by atoms with Gasteiger partial charge in [-0.15, -0.1) is 10.2 Å². The first-order chi connectivity index (χ1) is 9.36. The highest BCUT2D eigenvalue weighted by Gasteiger charge is 2.22. The highest BCUT2D eigenvalue weighted by atomic mass is 35.5. The fourth-order valence-electron chi connectivity index (χ4n) is 1.94. The Labute approximate surface area is 122 Å². The molecular weight excluding hydrogens is 300 g/mol. The molecule has 2 aromatic rings. The number of nitrogens with zero attached hydrogens (tertiary/aromatic N) is 3. The lowest BCUT2D eigenvalue weighted by atomic mass is 10.1. The van der Waals surface area contributed by atoms with Crippen LogP contribution in [0.2, 0.25) is 5.02 Å². The molecule has 1 aromatic heterocycles. The molecule has 0 unspecified atom stereocenters. The lowest BCUT2D eigenvalue weighted by molar-refractivity contribution is 0.559. The molecule has 1 aromatic carbocycles. The van der Waals surface area contributed by atoms with E-state index in [0.717, 1.165) is 12.0 Å².